The first-order valence-corrected chi connectivity index (χ1v) is 10.3. The third kappa shape index (κ3) is 6.53. The average Bonchev–Trinajstić information content (AvgIpc) is 2.63. The fraction of sp³-hybridized carbons (Fsp3) is 0.333. The molecule has 0 aliphatic carbocycles. The number of benzene rings is 2. The van der Waals surface area contributed by atoms with Crippen molar-refractivity contribution in [2.75, 3.05) is 17.2 Å². The maximum atomic E-state index is 12.3. The number of hydrogen-bond acceptors (Lipinski definition) is 3. The summed E-state index contributed by atoms with van der Waals surface area (Å²) in [7, 11) is 0. The van der Waals surface area contributed by atoms with E-state index in [1.54, 1.807) is 18.2 Å². The second-order valence-corrected chi connectivity index (χ2v) is 7.99. The summed E-state index contributed by atoms with van der Waals surface area (Å²) >= 11 is 9.62. The number of rotatable bonds is 8. The summed E-state index contributed by atoms with van der Waals surface area (Å²) in [6.07, 6.45) is 1.19. The van der Waals surface area contributed by atoms with Crippen LogP contribution in [0.3, 0.4) is 0 Å². The van der Waals surface area contributed by atoms with Crippen LogP contribution in [0.15, 0.2) is 40.9 Å². The highest BCUT2D eigenvalue weighted by molar-refractivity contribution is 9.10. The molecule has 5 nitrogen and oxygen atoms in total. The van der Waals surface area contributed by atoms with Crippen LogP contribution in [0.1, 0.15) is 45.1 Å². The number of carbonyl (C=O) groups is 2. The van der Waals surface area contributed by atoms with E-state index in [-0.39, 0.29) is 24.3 Å². The molecule has 2 amide bonds. The Morgan fingerprint density at radius 2 is 1.86 bits per heavy atom. The van der Waals surface area contributed by atoms with Gasteiger partial charge in [-0.3, -0.25) is 9.59 Å². The Hall–Kier alpha value is -2.05. The second-order valence-electron chi connectivity index (χ2n) is 6.67. The van der Waals surface area contributed by atoms with Crippen LogP contribution in [0.5, 0.6) is 5.75 Å². The van der Waals surface area contributed by atoms with Crippen LogP contribution in [-0.4, -0.2) is 18.4 Å². The molecule has 150 valence electrons. The topological polar surface area (TPSA) is 67.4 Å². The molecule has 0 aliphatic heterocycles. The van der Waals surface area contributed by atoms with E-state index in [0.717, 1.165) is 16.5 Å². The number of halogens is 2. The van der Waals surface area contributed by atoms with E-state index in [4.69, 9.17) is 16.3 Å². The normalized spacial score (nSPS) is 10.6. The maximum absolute atomic E-state index is 12.3. The molecule has 0 atom stereocenters. The zero-order chi connectivity index (χ0) is 20.7. The van der Waals surface area contributed by atoms with E-state index in [0.29, 0.717) is 28.6 Å². The van der Waals surface area contributed by atoms with Gasteiger partial charge in [-0.2, -0.15) is 0 Å². The molecule has 0 spiro atoms. The van der Waals surface area contributed by atoms with Crippen molar-refractivity contribution in [2.24, 2.45) is 0 Å². The maximum Gasteiger partial charge on any atom is 0.262 e. The van der Waals surface area contributed by atoms with Gasteiger partial charge >= 0.3 is 0 Å². The molecule has 0 aliphatic rings. The van der Waals surface area contributed by atoms with E-state index in [1.807, 2.05) is 25.1 Å². The minimum absolute atomic E-state index is 0.0816. The zero-order valence-electron chi connectivity index (χ0n) is 16.1. The van der Waals surface area contributed by atoms with Gasteiger partial charge in [0.2, 0.25) is 5.91 Å². The summed E-state index contributed by atoms with van der Waals surface area (Å²) in [5, 5.41) is 5.89. The molecule has 0 bridgehead atoms. The van der Waals surface area contributed by atoms with Gasteiger partial charge in [-0.15, -0.1) is 0 Å². The van der Waals surface area contributed by atoms with Gasteiger partial charge in [0.1, 0.15) is 5.75 Å². The summed E-state index contributed by atoms with van der Waals surface area (Å²) in [4.78, 5) is 24.1. The largest absolute Gasteiger partial charge is 0.483 e. The molecule has 0 aromatic heterocycles. The number of anilines is 2. The van der Waals surface area contributed by atoms with Gasteiger partial charge in [0.05, 0.1) is 10.7 Å². The van der Waals surface area contributed by atoms with Crippen molar-refractivity contribution in [3.05, 3.63) is 51.5 Å². The summed E-state index contributed by atoms with van der Waals surface area (Å²) in [5.41, 5.74) is 2.01. The van der Waals surface area contributed by atoms with Crippen LogP contribution in [0.4, 0.5) is 11.4 Å². The Balaban J connectivity index is 2.02. The lowest BCUT2D eigenvalue weighted by Crippen LogP contribution is -2.21. The number of nitrogens with one attached hydrogen (secondary N) is 2. The van der Waals surface area contributed by atoms with Crippen molar-refractivity contribution in [2.45, 2.75) is 39.5 Å². The number of ether oxygens (including phenoxy) is 1. The quantitative estimate of drug-likeness (QED) is 0.501. The minimum Gasteiger partial charge on any atom is -0.483 e. The van der Waals surface area contributed by atoms with Gasteiger partial charge in [0, 0.05) is 16.6 Å². The Morgan fingerprint density at radius 3 is 2.54 bits per heavy atom. The Morgan fingerprint density at radius 1 is 1.11 bits per heavy atom. The van der Waals surface area contributed by atoms with Crippen molar-refractivity contribution in [3.63, 3.8) is 0 Å². The monoisotopic (exact) mass is 466 g/mol. The lowest BCUT2D eigenvalue weighted by Gasteiger charge is -2.15. The third-order valence-corrected chi connectivity index (χ3v) is 4.78. The van der Waals surface area contributed by atoms with Crippen LogP contribution in [0, 0.1) is 0 Å². The summed E-state index contributed by atoms with van der Waals surface area (Å²) in [5.74, 6) is 0.506. The SMILES string of the molecule is CCCC(=O)Nc1ccc(Cl)c(NC(=O)COc2ccc(Br)cc2C(C)C)c1. The van der Waals surface area contributed by atoms with Crippen molar-refractivity contribution < 1.29 is 14.3 Å². The van der Waals surface area contributed by atoms with Crippen LogP contribution in [0.25, 0.3) is 0 Å². The molecule has 2 N–H and O–H groups in total. The highest BCUT2D eigenvalue weighted by atomic mass is 79.9. The summed E-state index contributed by atoms with van der Waals surface area (Å²) < 4.78 is 6.67. The molecule has 2 aromatic rings. The number of amides is 2. The van der Waals surface area contributed by atoms with Crippen LogP contribution >= 0.6 is 27.5 Å². The molecule has 2 aromatic carbocycles. The van der Waals surface area contributed by atoms with Crippen molar-refractivity contribution in [1.82, 2.24) is 0 Å². The molecule has 0 heterocycles. The first kappa shape index (κ1) is 22.2. The molecule has 0 radical (unpaired) electrons. The Kier molecular flexibility index (Phi) is 8.33. The van der Waals surface area contributed by atoms with Gasteiger partial charge in [-0.25, -0.2) is 0 Å². The molecular formula is C21H24BrClN2O3. The van der Waals surface area contributed by atoms with E-state index in [9.17, 15) is 9.59 Å². The van der Waals surface area contributed by atoms with Gasteiger partial charge in [-0.05, 0) is 54.3 Å². The summed E-state index contributed by atoms with van der Waals surface area (Å²) in [6, 6.07) is 10.6. The molecular weight excluding hydrogens is 444 g/mol. The second kappa shape index (κ2) is 10.5. The fourth-order valence-corrected chi connectivity index (χ4v) is 3.12. The third-order valence-electron chi connectivity index (χ3n) is 3.95. The van der Waals surface area contributed by atoms with E-state index in [1.165, 1.54) is 0 Å². The first-order valence-electron chi connectivity index (χ1n) is 9.11. The van der Waals surface area contributed by atoms with Crippen LogP contribution in [0.2, 0.25) is 5.02 Å². The predicted octanol–water partition coefficient (Wildman–Crippen LogP) is 5.98. The molecule has 0 saturated heterocycles. The molecule has 0 saturated carbocycles. The van der Waals surface area contributed by atoms with Gasteiger partial charge in [0.25, 0.3) is 5.91 Å². The van der Waals surface area contributed by atoms with Gasteiger partial charge in [0.15, 0.2) is 6.61 Å². The van der Waals surface area contributed by atoms with Crippen molar-refractivity contribution in [3.8, 4) is 5.75 Å². The van der Waals surface area contributed by atoms with Crippen LogP contribution < -0.4 is 15.4 Å². The zero-order valence-corrected chi connectivity index (χ0v) is 18.5. The smallest absolute Gasteiger partial charge is 0.262 e. The highest BCUT2D eigenvalue weighted by Gasteiger charge is 2.12. The molecule has 0 fully saturated rings. The molecule has 28 heavy (non-hydrogen) atoms. The average molecular weight is 468 g/mol. The number of carbonyl (C=O) groups excluding carboxylic acids is 2. The fourth-order valence-electron chi connectivity index (χ4n) is 2.58. The van der Waals surface area contributed by atoms with Crippen molar-refractivity contribution in [1.29, 1.82) is 0 Å². The lowest BCUT2D eigenvalue weighted by atomic mass is 10.0. The van der Waals surface area contributed by atoms with Gasteiger partial charge in [-0.1, -0.05) is 48.3 Å². The van der Waals surface area contributed by atoms with Crippen LogP contribution in [-0.2, 0) is 9.59 Å². The van der Waals surface area contributed by atoms with Gasteiger partial charge < -0.3 is 15.4 Å². The van der Waals surface area contributed by atoms with Crippen molar-refractivity contribution >= 4 is 50.7 Å². The molecule has 2 rings (SSSR count). The number of hydrogen-bond donors (Lipinski definition) is 2. The van der Waals surface area contributed by atoms with E-state index >= 15 is 0 Å². The highest BCUT2D eigenvalue weighted by Crippen LogP contribution is 2.30. The first-order chi connectivity index (χ1) is 13.3. The standard InChI is InChI=1S/C21H24BrClN2O3/c1-4-5-20(26)24-15-7-8-17(23)18(11-15)25-21(27)12-28-19-9-6-14(22)10-16(19)13(2)3/h6-11,13H,4-5,12H2,1-3H3,(H,24,26)(H,25,27). The minimum atomic E-state index is -0.337. The molecule has 7 heteroatoms. The van der Waals surface area contributed by atoms with E-state index < -0.39 is 0 Å². The molecule has 0 unspecified atom stereocenters. The Labute approximate surface area is 178 Å². The summed E-state index contributed by atoms with van der Waals surface area (Å²) in [6.45, 7) is 5.91. The lowest BCUT2D eigenvalue weighted by molar-refractivity contribution is -0.118. The predicted molar refractivity (Wildman–Crippen MR) is 117 cm³/mol. The Bertz CT molecular complexity index is 856. The van der Waals surface area contributed by atoms with E-state index in [2.05, 4.69) is 40.4 Å².